The second-order valence-corrected chi connectivity index (χ2v) is 6.63. The van der Waals surface area contributed by atoms with E-state index in [-0.39, 0.29) is 11.4 Å². The number of alkyl halides is 1. The van der Waals surface area contributed by atoms with Gasteiger partial charge in [-0.15, -0.1) is 22.9 Å². The van der Waals surface area contributed by atoms with Gasteiger partial charge in [0, 0.05) is 17.3 Å². The number of hydrogen-bond acceptors (Lipinski definition) is 4. The Balaban J connectivity index is 2.27. The number of imidazole rings is 1. The van der Waals surface area contributed by atoms with Crippen molar-refractivity contribution in [2.45, 2.75) is 38.6 Å². The molecule has 2 unspecified atom stereocenters. The van der Waals surface area contributed by atoms with Crippen LogP contribution in [-0.4, -0.2) is 19.5 Å². The largest absolute Gasteiger partial charge is 0.301 e. The number of thiazole rings is 1. The molecule has 3 rings (SSSR count). The van der Waals surface area contributed by atoms with Gasteiger partial charge in [0.1, 0.15) is 16.3 Å². The van der Waals surface area contributed by atoms with Crippen molar-refractivity contribution in [2.24, 2.45) is 0 Å². The zero-order valence-corrected chi connectivity index (χ0v) is 13.8. The molecule has 0 saturated heterocycles. The molecular formula is C15H17ClN4S. The maximum atomic E-state index is 6.35. The molecule has 21 heavy (non-hydrogen) atoms. The molecule has 0 fully saturated rings. The summed E-state index contributed by atoms with van der Waals surface area (Å²) in [5.74, 6) is 0.854. The zero-order valence-electron chi connectivity index (χ0n) is 12.2. The number of rotatable bonds is 4. The first-order chi connectivity index (χ1) is 10.1. The van der Waals surface area contributed by atoms with E-state index in [0.29, 0.717) is 0 Å². The monoisotopic (exact) mass is 320 g/mol. The summed E-state index contributed by atoms with van der Waals surface area (Å²) in [6.45, 7) is 6.09. The van der Waals surface area contributed by atoms with E-state index < -0.39 is 0 Å². The van der Waals surface area contributed by atoms with E-state index in [1.165, 1.54) is 0 Å². The Kier molecular flexibility index (Phi) is 3.95. The van der Waals surface area contributed by atoms with Crippen molar-refractivity contribution in [3.05, 3.63) is 40.2 Å². The van der Waals surface area contributed by atoms with Crippen LogP contribution in [0.2, 0.25) is 0 Å². The van der Waals surface area contributed by atoms with Crippen molar-refractivity contribution in [3.63, 3.8) is 0 Å². The molecule has 0 aliphatic heterocycles. The maximum absolute atomic E-state index is 6.35. The Labute approximate surface area is 132 Å². The maximum Gasteiger partial charge on any atom is 0.160 e. The first kappa shape index (κ1) is 14.5. The Morgan fingerprint density at radius 1 is 1.33 bits per heavy atom. The van der Waals surface area contributed by atoms with E-state index in [1.807, 2.05) is 37.6 Å². The van der Waals surface area contributed by atoms with Gasteiger partial charge in [-0.05, 0) is 32.4 Å². The van der Waals surface area contributed by atoms with E-state index >= 15 is 0 Å². The van der Waals surface area contributed by atoms with E-state index in [0.717, 1.165) is 34.1 Å². The molecule has 3 heterocycles. The number of aromatic nitrogens is 4. The molecule has 0 aliphatic rings. The Hall–Kier alpha value is -1.46. The van der Waals surface area contributed by atoms with E-state index in [9.17, 15) is 0 Å². The minimum atomic E-state index is -0.173. The predicted molar refractivity (Wildman–Crippen MR) is 87.1 cm³/mol. The van der Waals surface area contributed by atoms with Crippen LogP contribution in [0, 0.1) is 6.92 Å². The van der Waals surface area contributed by atoms with Gasteiger partial charge in [-0.2, -0.15) is 0 Å². The molecule has 0 radical (unpaired) electrons. The molecule has 2 atom stereocenters. The van der Waals surface area contributed by atoms with Crippen LogP contribution >= 0.6 is 22.9 Å². The lowest BCUT2D eigenvalue weighted by molar-refractivity contribution is 0.549. The van der Waals surface area contributed by atoms with Gasteiger partial charge in [-0.1, -0.05) is 6.92 Å². The number of fused-ring (bicyclic) bond motifs is 1. The lowest BCUT2D eigenvalue weighted by Gasteiger charge is -2.18. The molecular weight excluding hydrogens is 304 g/mol. The van der Waals surface area contributed by atoms with Gasteiger partial charge in [-0.3, -0.25) is 0 Å². The van der Waals surface area contributed by atoms with Gasteiger partial charge in [0.2, 0.25) is 0 Å². The molecule has 110 valence electrons. The SMILES string of the molecule is CCC(c1nccs1)n1c(C(C)Cl)nc2ccc(C)nc21. The Bertz CT molecular complexity index is 748. The second-order valence-electron chi connectivity index (χ2n) is 5.05. The van der Waals surface area contributed by atoms with Gasteiger partial charge in [0.15, 0.2) is 5.65 Å². The number of halogens is 1. The third kappa shape index (κ3) is 2.56. The highest BCUT2D eigenvalue weighted by atomic mass is 35.5. The number of aryl methyl sites for hydroxylation is 1. The first-order valence-electron chi connectivity index (χ1n) is 7.00. The van der Waals surface area contributed by atoms with Crippen molar-refractivity contribution in [1.29, 1.82) is 0 Å². The van der Waals surface area contributed by atoms with Crippen LogP contribution in [-0.2, 0) is 0 Å². The third-order valence-electron chi connectivity index (χ3n) is 3.49. The number of nitrogens with zero attached hydrogens (tertiary/aromatic N) is 4. The van der Waals surface area contributed by atoms with Gasteiger partial charge in [0.05, 0.1) is 11.4 Å². The van der Waals surface area contributed by atoms with E-state index in [4.69, 9.17) is 11.6 Å². The van der Waals surface area contributed by atoms with Gasteiger partial charge < -0.3 is 4.57 Å². The molecule has 3 aromatic heterocycles. The first-order valence-corrected chi connectivity index (χ1v) is 8.32. The quantitative estimate of drug-likeness (QED) is 0.665. The molecule has 0 N–H and O–H groups in total. The summed E-state index contributed by atoms with van der Waals surface area (Å²) in [5, 5.41) is 2.90. The molecule has 0 saturated carbocycles. The molecule has 4 nitrogen and oxygen atoms in total. The molecule has 6 heteroatoms. The standard InChI is InChI=1S/C15H17ClN4S/c1-4-12(15-17-7-8-21-15)20-13(10(3)16)19-11-6-5-9(2)18-14(11)20/h5-8,10,12H,4H2,1-3H3. The van der Waals surface area contributed by atoms with Crippen molar-refractivity contribution < 1.29 is 0 Å². The fraction of sp³-hybridized carbons (Fsp3) is 0.400. The molecule has 0 amide bonds. The fourth-order valence-electron chi connectivity index (χ4n) is 2.54. The van der Waals surface area contributed by atoms with Crippen molar-refractivity contribution in [1.82, 2.24) is 19.5 Å². The van der Waals surface area contributed by atoms with Crippen molar-refractivity contribution in [2.75, 3.05) is 0 Å². The van der Waals surface area contributed by atoms with Crippen LogP contribution < -0.4 is 0 Å². The van der Waals surface area contributed by atoms with Gasteiger partial charge >= 0.3 is 0 Å². The number of hydrogen-bond donors (Lipinski definition) is 0. The van der Waals surface area contributed by atoms with Crippen LogP contribution in [0.3, 0.4) is 0 Å². The highest BCUT2D eigenvalue weighted by Gasteiger charge is 2.24. The average Bonchev–Trinajstić information content (AvgIpc) is 3.08. The highest BCUT2D eigenvalue weighted by Crippen LogP contribution is 2.32. The summed E-state index contributed by atoms with van der Waals surface area (Å²) in [6, 6.07) is 4.11. The molecule has 3 aromatic rings. The van der Waals surface area contributed by atoms with Crippen LogP contribution in [0.1, 0.15) is 48.2 Å². The van der Waals surface area contributed by atoms with E-state index in [1.54, 1.807) is 11.3 Å². The van der Waals surface area contributed by atoms with Crippen molar-refractivity contribution in [3.8, 4) is 0 Å². The van der Waals surface area contributed by atoms with Gasteiger partial charge in [-0.25, -0.2) is 15.0 Å². The predicted octanol–water partition coefficient (Wildman–Crippen LogP) is 4.50. The topological polar surface area (TPSA) is 43.6 Å². The third-order valence-corrected chi connectivity index (χ3v) is 4.57. The fourth-order valence-corrected chi connectivity index (χ4v) is 3.51. The lowest BCUT2D eigenvalue weighted by atomic mass is 10.2. The minimum absolute atomic E-state index is 0.125. The van der Waals surface area contributed by atoms with Crippen LogP contribution in [0.4, 0.5) is 0 Å². The molecule has 0 bridgehead atoms. The smallest absolute Gasteiger partial charge is 0.160 e. The second kappa shape index (κ2) is 5.73. The zero-order chi connectivity index (χ0) is 15.0. The molecule has 0 spiro atoms. The summed E-state index contributed by atoms with van der Waals surface area (Å²) in [5.41, 5.74) is 2.75. The average molecular weight is 321 g/mol. The highest BCUT2D eigenvalue weighted by molar-refractivity contribution is 7.09. The van der Waals surface area contributed by atoms with E-state index in [2.05, 4.69) is 26.4 Å². The Morgan fingerprint density at radius 2 is 2.14 bits per heavy atom. The van der Waals surface area contributed by atoms with Crippen LogP contribution in [0.5, 0.6) is 0 Å². The number of pyridine rings is 1. The summed E-state index contributed by atoms with van der Waals surface area (Å²) < 4.78 is 2.15. The summed E-state index contributed by atoms with van der Waals surface area (Å²) >= 11 is 8.01. The summed E-state index contributed by atoms with van der Waals surface area (Å²) in [4.78, 5) is 13.8. The van der Waals surface area contributed by atoms with Gasteiger partial charge in [0.25, 0.3) is 0 Å². The summed E-state index contributed by atoms with van der Waals surface area (Å²) in [6.07, 6.45) is 2.76. The van der Waals surface area contributed by atoms with Crippen molar-refractivity contribution >= 4 is 34.1 Å². The molecule has 0 aliphatic carbocycles. The molecule has 0 aromatic carbocycles. The minimum Gasteiger partial charge on any atom is -0.301 e. The Morgan fingerprint density at radius 3 is 2.76 bits per heavy atom. The lowest BCUT2D eigenvalue weighted by Crippen LogP contribution is -2.14. The summed E-state index contributed by atoms with van der Waals surface area (Å²) in [7, 11) is 0. The van der Waals surface area contributed by atoms with Crippen LogP contribution in [0.15, 0.2) is 23.7 Å². The normalized spacial score (nSPS) is 14.5. The van der Waals surface area contributed by atoms with Crippen LogP contribution in [0.25, 0.3) is 11.2 Å².